The van der Waals surface area contributed by atoms with E-state index in [0.717, 1.165) is 12.1 Å². The van der Waals surface area contributed by atoms with Crippen LogP contribution in [0.4, 0.5) is 4.39 Å². The molecule has 0 unspecified atom stereocenters. The third kappa shape index (κ3) is 1.37. The fourth-order valence-electron chi connectivity index (χ4n) is 0.897. The largest absolute Gasteiger partial charge is 0.505 e. The summed E-state index contributed by atoms with van der Waals surface area (Å²) >= 11 is 0. The minimum absolute atomic E-state index is 0.134. The van der Waals surface area contributed by atoms with Gasteiger partial charge < -0.3 is 10.2 Å². The maximum atomic E-state index is 12.6. The minimum atomic E-state index is -1.20. The molecule has 0 atom stereocenters. The van der Waals surface area contributed by atoms with Gasteiger partial charge in [0.15, 0.2) is 11.6 Å². The van der Waals surface area contributed by atoms with Crippen molar-refractivity contribution >= 4 is 5.97 Å². The number of carbonyl (C=O) groups is 1. The molecule has 0 fully saturated rings. The number of carboxylic acid groups (broad SMARTS) is 1. The molecule has 1 aromatic carbocycles. The summed E-state index contributed by atoms with van der Waals surface area (Å²) in [7, 11) is 0. The zero-order valence-corrected chi connectivity index (χ0v) is 6.34. The first-order chi connectivity index (χ1) is 5.52. The number of aromatic hydroxyl groups is 1. The van der Waals surface area contributed by atoms with Gasteiger partial charge >= 0.3 is 5.97 Å². The predicted molar refractivity (Wildman–Crippen MR) is 39.8 cm³/mol. The van der Waals surface area contributed by atoms with Gasteiger partial charge in [-0.1, -0.05) is 0 Å². The monoisotopic (exact) mass is 170 g/mol. The predicted octanol–water partition coefficient (Wildman–Crippen LogP) is 1.54. The van der Waals surface area contributed by atoms with Gasteiger partial charge in [-0.25, -0.2) is 9.18 Å². The average molecular weight is 170 g/mol. The highest BCUT2D eigenvalue weighted by Crippen LogP contribution is 2.20. The second kappa shape index (κ2) is 2.81. The molecule has 0 amide bonds. The van der Waals surface area contributed by atoms with Crippen molar-refractivity contribution in [3.63, 3.8) is 0 Å². The lowest BCUT2D eigenvalue weighted by Crippen LogP contribution is -2.00. The van der Waals surface area contributed by atoms with E-state index < -0.39 is 17.5 Å². The number of benzene rings is 1. The van der Waals surface area contributed by atoms with Gasteiger partial charge in [0.25, 0.3) is 0 Å². The van der Waals surface area contributed by atoms with Crippen molar-refractivity contribution in [2.24, 2.45) is 0 Å². The molecule has 0 aliphatic carbocycles. The molecule has 0 saturated carbocycles. The molecule has 2 N–H and O–H groups in total. The number of aromatic carboxylic acids is 1. The molecule has 0 radical (unpaired) electrons. The Morgan fingerprint density at radius 1 is 1.50 bits per heavy atom. The van der Waals surface area contributed by atoms with Gasteiger partial charge in [-0.05, 0) is 24.6 Å². The normalized spacial score (nSPS) is 9.83. The Morgan fingerprint density at radius 2 is 2.08 bits per heavy atom. The SMILES string of the molecule is Cc1cc(O)c(F)cc1C(=O)O. The van der Waals surface area contributed by atoms with E-state index in [0.29, 0.717) is 5.56 Å². The molecule has 0 heterocycles. The van der Waals surface area contributed by atoms with Crippen molar-refractivity contribution in [1.82, 2.24) is 0 Å². The lowest BCUT2D eigenvalue weighted by Gasteiger charge is -2.01. The first-order valence-electron chi connectivity index (χ1n) is 3.25. The molecule has 4 heteroatoms. The standard InChI is InChI=1S/C8H7FO3/c1-4-2-7(10)6(9)3-5(4)8(11)12/h2-3,10H,1H3,(H,11,12). The van der Waals surface area contributed by atoms with Crippen molar-refractivity contribution < 1.29 is 19.4 Å². The first kappa shape index (κ1) is 8.52. The number of hydrogen-bond donors (Lipinski definition) is 2. The van der Waals surface area contributed by atoms with Crippen molar-refractivity contribution in [2.45, 2.75) is 6.92 Å². The highest BCUT2D eigenvalue weighted by molar-refractivity contribution is 5.89. The van der Waals surface area contributed by atoms with Crippen molar-refractivity contribution in [3.8, 4) is 5.75 Å². The van der Waals surface area contributed by atoms with Crippen LogP contribution < -0.4 is 0 Å². The molecule has 64 valence electrons. The summed E-state index contributed by atoms with van der Waals surface area (Å²) < 4.78 is 12.6. The van der Waals surface area contributed by atoms with E-state index in [4.69, 9.17) is 10.2 Å². The van der Waals surface area contributed by atoms with Crippen molar-refractivity contribution in [1.29, 1.82) is 0 Å². The fourth-order valence-corrected chi connectivity index (χ4v) is 0.897. The summed E-state index contributed by atoms with van der Waals surface area (Å²) in [5.41, 5.74) is 0.201. The Labute approximate surface area is 68.1 Å². The molecule has 0 bridgehead atoms. The van der Waals surface area contributed by atoms with Crippen LogP contribution in [-0.4, -0.2) is 16.2 Å². The van der Waals surface area contributed by atoms with Gasteiger partial charge in [0, 0.05) is 0 Å². The van der Waals surface area contributed by atoms with Crippen LogP contribution in [0.5, 0.6) is 5.75 Å². The first-order valence-corrected chi connectivity index (χ1v) is 3.25. The van der Waals surface area contributed by atoms with E-state index in [1.165, 1.54) is 6.92 Å². The molecule has 0 saturated heterocycles. The van der Waals surface area contributed by atoms with Gasteiger partial charge in [-0.3, -0.25) is 0 Å². The third-order valence-corrected chi connectivity index (χ3v) is 1.52. The summed E-state index contributed by atoms with van der Waals surface area (Å²) in [5, 5.41) is 17.4. The van der Waals surface area contributed by atoms with E-state index in [1.54, 1.807) is 0 Å². The molecule has 12 heavy (non-hydrogen) atoms. The van der Waals surface area contributed by atoms with Gasteiger partial charge in [0.1, 0.15) is 0 Å². The fraction of sp³-hybridized carbons (Fsp3) is 0.125. The van der Waals surface area contributed by atoms with Crippen LogP contribution in [0.3, 0.4) is 0 Å². The van der Waals surface area contributed by atoms with E-state index in [-0.39, 0.29) is 5.56 Å². The highest BCUT2D eigenvalue weighted by atomic mass is 19.1. The minimum Gasteiger partial charge on any atom is -0.505 e. The number of rotatable bonds is 1. The topological polar surface area (TPSA) is 57.5 Å². The lowest BCUT2D eigenvalue weighted by atomic mass is 10.1. The molecule has 0 aromatic heterocycles. The third-order valence-electron chi connectivity index (χ3n) is 1.52. The Balaban J connectivity index is 3.33. The van der Waals surface area contributed by atoms with Crippen LogP contribution in [0, 0.1) is 12.7 Å². The van der Waals surface area contributed by atoms with Crippen LogP contribution >= 0.6 is 0 Å². The molecule has 0 aliphatic heterocycles. The van der Waals surface area contributed by atoms with Crippen LogP contribution in [0.2, 0.25) is 0 Å². The number of aryl methyl sites for hydroxylation is 1. The van der Waals surface area contributed by atoms with Gasteiger partial charge in [-0.2, -0.15) is 0 Å². The molecule has 3 nitrogen and oxygen atoms in total. The second-order valence-electron chi connectivity index (χ2n) is 2.42. The van der Waals surface area contributed by atoms with E-state index in [2.05, 4.69) is 0 Å². The summed E-state index contributed by atoms with van der Waals surface area (Å²) in [5.74, 6) is -2.65. The quantitative estimate of drug-likeness (QED) is 0.672. The van der Waals surface area contributed by atoms with Gasteiger partial charge in [0.2, 0.25) is 0 Å². The smallest absolute Gasteiger partial charge is 0.336 e. The molecule has 1 aromatic rings. The lowest BCUT2D eigenvalue weighted by molar-refractivity contribution is 0.0695. The van der Waals surface area contributed by atoms with Gasteiger partial charge in [-0.15, -0.1) is 0 Å². The Morgan fingerprint density at radius 3 is 2.58 bits per heavy atom. The number of phenolic OH excluding ortho intramolecular Hbond substituents is 1. The number of halogens is 1. The van der Waals surface area contributed by atoms with Crippen LogP contribution in [-0.2, 0) is 0 Å². The zero-order valence-electron chi connectivity index (χ0n) is 6.34. The Bertz CT molecular complexity index is 333. The van der Waals surface area contributed by atoms with E-state index in [1.807, 2.05) is 0 Å². The van der Waals surface area contributed by atoms with Crippen molar-refractivity contribution in [3.05, 3.63) is 29.1 Å². The van der Waals surface area contributed by atoms with Crippen LogP contribution in [0.25, 0.3) is 0 Å². The summed E-state index contributed by atoms with van der Waals surface area (Å²) in [6.07, 6.45) is 0. The number of hydrogen-bond acceptors (Lipinski definition) is 2. The van der Waals surface area contributed by atoms with Crippen LogP contribution in [0.15, 0.2) is 12.1 Å². The molecule has 0 aliphatic rings. The molecule has 0 spiro atoms. The van der Waals surface area contributed by atoms with Gasteiger partial charge in [0.05, 0.1) is 5.56 Å². The van der Waals surface area contributed by atoms with Crippen molar-refractivity contribution in [2.75, 3.05) is 0 Å². The summed E-state index contributed by atoms with van der Waals surface area (Å²) in [6, 6.07) is 1.88. The molecular formula is C8H7FO3. The molecular weight excluding hydrogens is 163 g/mol. The molecule has 1 rings (SSSR count). The Hall–Kier alpha value is -1.58. The summed E-state index contributed by atoms with van der Waals surface area (Å²) in [4.78, 5) is 10.4. The van der Waals surface area contributed by atoms with E-state index in [9.17, 15) is 9.18 Å². The summed E-state index contributed by atoms with van der Waals surface area (Å²) in [6.45, 7) is 1.49. The van der Waals surface area contributed by atoms with E-state index >= 15 is 0 Å². The Kier molecular flexibility index (Phi) is 1.99. The zero-order chi connectivity index (χ0) is 9.30. The maximum Gasteiger partial charge on any atom is 0.336 e. The van der Waals surface area contributed by atoms with Crippen LogP contribution in [0.1, 0.15) is 15.9 Å². The highest BCUT2D eigenvalue weighted by Gasteiger charge is 2.11. The second-order valence-corrected chi connectivity index (χ2v) is 2.42. The maximum absolute atomic E-state index is 12.6. The number of carboxylic acids is 1. The average Bonchev–Trinajstić information content (AvgIpc) is 1.96. The number of phenols is 1.